The van der Waals surface area contributed by atoms with Crippen molar-refractivity contribution in [3.8, 4) is 34.8 Å². The summed E-state index contributed by atoms with van der Waals surface area (Å²) in [5, 5.41) is 21.7. The van der Waals surface area contributed by atoms with Crippen LogP contribution in [0.5, 0.6) is 28.7 Å². The molecule has 9 nitrogen and oxygen atoms in total. The lowest BCUT2D eigenvalue weighted by Crippen LogP contribution is -2.35. The Morgan fingerprint density at radius 3 is 2.38 bits per heavy atom. The first-order valence-corrected chi connectivity index (χ1v) is 11.1. The molecule has 3 atom stereocenters. The number of methoxy groups -OCH3 is 3. The minimum Gasteiger partial charge on any atom is -0.493 e. The lowest BCUT2D eigenvalue weighted by Gasteiger charge is -2.27. The molecule has 1 aliphatic rings. The maximum Gasteiger partial charge on any atom is 0.216 e. The van der Waals surface area contributed by atoms with E-state index in [2.05, 4.69) is 6.07 Å². The average Bonchev–Trinajstić information content (AvgIpc) is 2.86. The molecule has 0 radical (unpaired) electrons. The molecule has 1 aliphatic heterocycles. The van der Waals surface area contributed by atoms with E-state index in [9.17, 15) is 15.4 Å². The Balaban J connectivity index is 1.67. The summed E-state index contributed by atoms with van der Waals surface area (Å²) in [5.74, 6) is 2.60. The van der Waals surface area contributed by atoms with Crippen molar-refractivity contribution in [3.05, 3.63) is 52.1 Å². The number of ether oxygens (including phenoxy) is 5. The smallest absolute Gasteiger partial charge is 0.216 e. The molecule has 0 bridgehead atoms. The lowest BCUT2D eigenvalue weighted by molar-refractivity contribution is -0.526. The molecule has 0 saturated carbocycles. The normalized spacial score (nSPS) is 17.1. The highest BCUT2D eigenvalue weighted by molar-refractivity contribution is 5.56. The number of rotatable bonds is 11. The Morgan fingerprint density at radius 2 is 1.82 bits per heavy atom. The van der Waals surface area contributed by atoms with Crippen molar-refractivity contribution in [3.63, 3.8) is 0 Å². The highest BCUT2D eigenvalue weighted by Crippen LogP contribution is 2.42. The van der Waals surface area contributed by atoms with Crippen LogP contribution in [-0.4, -0.2) is 45.0 Å². The number of nitro groups is 1. The molecule has 3 rings (SSSR count). The third-order valence-electron chi connectivity index (χ3n) is 6.16. The van der Waals surface area contributed by atoms with E-state index in [1.807, 2.05) is 25.1 Å². The molecular formula is C25H30N2O7. The van der Waals surface area contributed by atoms with Crippen molar-refractivity contribution >= 4 is 0 Å². The maximum absolute atomic E-state index is 11.7. The molecule has 34 heavy (non-hydrogen) atoms. The molecule has 0 aliphatic carbocycles. The molecule has 0 spiro atoms. The maximum atomic E-state index is 11.7. The molecule has 0 N–H and O–H groups in total. The number of fused-ring (bicyclic) bond motifs is 1. The van der Waals surface area contributed by atoms with Crippen molar-refractivity contribution in [1.82, 2.24) is 0 Å². The van der Waals surface area contributed by atoms with Crippen molar-refractivity contribution in [2.24, 2.45) is 0 Å². The van der Waals surface area contributed by atoms with Crippen molar-refractivity contribution < 1.29 is 28.6 Å². The summed E-state index contributed by atoms with van der Waals surface area (Å²) in [6.45, 7) is 2.08. The summed E-state index contributed by atoms with van der Waals surface area (Å²) in [7, 11) is 4.55. The van der Waals surface area contributed by atoms with Gasteiger partial charge in [0.1, 0.15) is 12.7 Å². The number of nitriles is 1. The van der Waals surface area contributed by atoms with Gasteiger partial charge in [0.15, 0.2) is 23.0 Å². The second-order valence-electron chi connectivity index (χ2n) is 8.42. The number of benzene rings is 2. The number of para-hydroxylation sites is 2. The summed E-state index contributed by atoms with van der Waals surface area (Å²) in [4.78, 5) is 11.5. The van der Waals surface area contributed by atoms with Gasteiger partial charge in [0.2, 0.25) is 11.8 Å². The summed E-state index contributed by atoms with van der Waals surface area (Å²) in [5.41, 5.74) is -0.194. The zero-order valence-electron chi connectivity index (χ0n) is 19.9. The fraction of sp³-hybridized carbons (Fsp3) is 0.480. The van der Waals surface area contributed by atoms with E-state index in [0.717, 1.165) is 0 Å². The molecule has 1 heterocycles. The zero-order chi connectivity index (χ0) is 24.7. The quantitative estimate of drug-likeness (QED) is 0.347. The van der Waals surface area contributed by atoms with Crippen LogP contribution in [0.3, 0.4) is 0 Å². The molecular weight excluding hydrogens is 440 g/mol. The fourth-order valence-corrected chi connectivity index (χ4v) is 4.15. The van der Waals surface area contributed by atoms with E-state index in [1.54, 1.807) is 18.2 Å². The van der Waals surface area contributed by atoms with Gasteiger partial charge in [-0.15, -0.1) is 0 Å². The summed E-state index contributed by atoms with van der Waals surface area (Å²) in [6.07, 6.45) is 1.06. The van der Waals surface area contributed by atoms with Gasteiger partial charge in [0, 0.05) is 11.3 Å². The SMILES string of the molecule is COc1cc(C(C)(C#N)CCCC(CC2COc3ccccc3O2)[N+](=O)[O-])cc(OC)c1OC. The molecule has 9 heteroatoms. The number of hydrogen-bond donors (Lipinski definition) is 0. The molecule has 3 unspecified atom stereocenters. The minimum atomic E-state index is -0.891. The molecule has 0 fully saturated rings. The molecule has 0 amide bonds. The van der Waals surface area contributed by atoms with Crippen LogP contribution in [0.25, 0.3) is 0 Å². The second kappa shape index (κ2) is 11.0. The van der Waals surface area contributed by atoms with E-state index in [4.69, 9.17) is 23.7 Å². The van der Waals surface area contributed by atoms with E-state index in [-0.39, 0.29) is 18.0 Å². The van der Waals surface area contributed by atoms with E-state index < -0.39 is 17.6 Å². The molecule has 182 valence electrons. The van der Waals surface area contributed by atoms with Crippen LogP contribution in [0.2, 0.25) is 0 Å². The molecule has 0 aromatic heterocycles. The van der Waals surface area contributed by atoms with E-state index in [1.165, 1.54) is 21.3 Å². The standard InChI is InChI=1S/C25H30N2O7/c1-25(16-26,17-12-22(30-2)24(32-4)23(13-17)31-3)11-7-8-18(27(28)29)14-19-15-33-20-9-5-6-10-21(20)34-19/h5-6,9-10,12-13,18-19H,7-8,11,14-15H2,1-4H3. The third-order valence-corrected chi connectivity index (χ3v) is 6.16. The van der Waals surface area contributed by atoms with Gasteiger partial charge in [-0.3, -0.25) is 10.1 Å². The summed E-state index contributed by atoms with van der Waals surface area (Å²) < 4.78 is 27.8. The largest absolute Gasteiger partial charge is 0.493 e. The van der Waals surface area contributed by atoms with Gasteiger partial charge >= 0.3 is 0 Å². The van der Waals surface area contributed by atoms with Crippen molar-refractivity contribution in [1.29, 1.82) is 5.26 Å². The van der Waals surface area contributed by atoms with Crippen molar-refractivity contribution in [2.75, 3.05) is 27.9 Å². The first kappa shape index (κ1) is 25.0. The van der Waals surface area contributed by atoms with Crippen LogP contribution in [0.4, 0.5) is 0 Å². The monoisotopic (exact) mass is 470 g/mol. The first-order valence-electron chi connectivity index (χ1n) is 11.1. The Hall–Kier alpha value is -3.67. The van der Waals surface area contributed by atoms with Gasteiger partial charge in [-0.1, -0.05) is 12.1 Å². The Bertz CT molecular complexity index is 1030. The Morgan fingerprint density at radius 1 is 1.18 bits per heavy atom. The highest BCUT2D eigenvalue weighted by atomic mass is 16.6. The lowest BCUT2D eigenvalue weighted by atomic mass is 9.78. The second-order valence-corrected chi connectivity index (χ2v) is 8.42. The van der Waals surface area contributed by atoms with Crippen LogP contribution in [0.1, 0.15) is 38.2 Å². The van der Waals surface area contributed by atoms with Crippen molar-refractivity contribution in [2.45, 2.75) is 50.2 Å². The molecule has 2 aromatic rings. The Kier molecular flexibility index (Phi) is 8.05. The number of nitrogens with zero attached hydrogens (tertiary/aromatic N) is 2. The third kappa shape index (κ3) is 5.45. The van der Waals surface area contributed by atoms with E-state index in [0.29, 0.717) is 53.6 Å². The van der Waals surface area contributed by atoms with Gasteiger partial charge in [0.25, 0.3) is 0 Å². The Labute approximate surface area is 199 Å². The predicted molar refractivity (Wildman–Crippen MR) is 125 cm³/mol. The summed E-state index contributed by atoms with van der Waals surface area (Å²) >= 11 is 0. The van der Waals surface area contributed by atoms with Gasteiger partial charge in [-0.05, 0) is 49.6 Å². The highest BCUT2D eigenvalue weighted by Gasteiger charge is 2.33. The molecule has 2 aromatic carbocycles. The van der Waals surface area contributed by atoms with Gasteiger partial charge in [-0.25, -0.2) is 0 Å². The van der Waals surface area contributed by atoms with Crippen LogP contribution < -0.4 is 23.7 Å². The van der Waals surface area contributed by atoms with Crippen LogP contribution in [-0.2, 0) is 5.41 Å². The number of hydrogen-bond acceptors (Lipinski definition) is 8. The topological polar surface area (TPSA) is 113 Å². The molecule has 0 saturated heterocycles. The van der Waals surface area contributed by atoms with Crippen LogP contribution in [0, 0.1) is 21.4 Å². The summed E-state index contributed by atoms with van der Waals surface area (Å²) in [6, 6.07) is 12.3. The van der Waals surface area contributed by atoms with Crippen LogP contribution in [0.15, 0.2) is 36.4 Å². The van der Waals surface area contributed by atoms with Gasteiger partial charge in [0.05, 0.1) is 39.2 Å². The fourth-order valence-electron chi connectivity index (χ4n) is 4.15. The van der Waals surface area contributed by atoms with E-state index >= 15 is 0 Å². The van der Waals surface area contributed by atoms with Gasteiger partial charge in [-0.2, -0.15) is 5.26 Å². The predicted octanol–water partition coefficient (Wildman–Crippen LogP) is 4.54. The zero-order valence-corrected chi connectivity index (χ0v) is 19.9. The minimum absolute atomic E-state index is 0.231. The first-order chi connectivity index (χ1) is 16.3. The van der Waals surface area contributed by atoms with Crippen LogP contribution >= 0.6 is 0 Å². The van der Waals surface area contributed by atoms with Gasteiger partial charge < -0.3 is 23.7 Å². The average molecular weight is 471 g/mol.